The molecule has 1 aliphatic rings. The van der Waals surface area contributed by atoms with Crippen molar-refractivity contribution in [1.82, 2.24) is 0 Å². The van der Waals surface area contributed by atoms with Gasteiger partial charge in [-0.2, -0.15) is 0 Å². The molecular formula is C9H10INO3S. The Hall–Kier alpha value is -0.340. The van der Waals surface area contributed by atoms with E-state index in [-0.39, 0.29) is 4.90 Å². The summed E-state index contributed by atoms with van der Waals surface area (Å²) in [5.74, 6) is 0.727. The molecule has 0 saturated heterocycles. The van der Waals surface area contributed by atoms with E-state index in [9.17, 15) is 8.42 Å². The van der Waals surface area contributed by atoms with Crippen LogP contribution in [0.2, 0.25) is 0 Å². The molecule has 15 heavy (non-hydrogen) atoms. The largest absolute Gasteiger partial charge is 0.489 e. The van der Waals surface area contributed by atoms with E-state index >= 15 is 0 Å². The van der Waals surface area contributed by atoms with Crippen molar-refractivity contribution in [2.75, 3.05) is 0 Å². The van der Waals surface area contributed by atoms with Crippen LogP contribution in [0.15, 0.2) is 23.1 Å². The molecule has 0 unspecified atom stereocenters. The van der Waals surface area contributed by atoms with Crippen molar-refractivity contribution in [2.24, 2.45) is 5.14 Å². The molecule has 1 aromatic carbocycles. The molecule has 2 N–H and O–H groups in total. The molecular weight excluding hydrogens is 329 g/mol. The number of ether oxygens (including phenoxy) is 1. The van der Waals surface area contributed by atoms with Crippen molar-refractivity contribution >= 4 is 32.6 Å². The van der Waals surface area contributed by atoms with E-state index < -0.39 is 10.0 Å². The summed E-state index contributed by atoms with van der Waals surface area (Å²) in [6.07, 6.45) is 2.46. The minimum absolute atomic E-state index is 0.120. The Morgan fingerprint density at radius 3 is 2.53 bits per heavy atom. The summed E-state index contributed by atoms with van der Waals surface area (Å²) in [6, 6.07) is 4.64. The summed E-state index contributed by atoms with van der Waals surface area (Å²) in [5.41, 5.74) is 0. The fourth-order valence-corrected chi connectivity index (χ4v) is 2.51. The lowest BCUT2D eigenvalue weighted by Gasteiger charge is -2.07. The molecule has 0 amide bonds. The number of halogens is 1. The van der Waals surface area contributed by atoms with Gasteiger partial charge in [0, 0.05) is 0 Å². The second-order valence-electron chi connectivity index (χ2n) is 3.45. The van der Waals surface area contributed by atoms with Crippen LogP contribution in [0.25, 0.3) is 0 Å². The van der Waals surface area contributed by atoms with E-state index in [4.69, 9.17) is 9.88 Å². The van der Waals surface area contributed by atoms with Crippen LogP contribution >= 0.6 is 22.6 Å². The van der Waals surface area contributed by atoms with Gasteiger partial charge >= 0.3 is 0 Å². The van der Waals surface area contributed by atoms with Crippen molar-refractivity contribution in [3.05, 3.63) is 21.8 Å². The Bertz CT molecular complexity index is 482. The van der Waals surface area contributed by atoms with Crippen LogP contribution in [0.5, 0.6) is 5.75 Å². The first-order valence-corrected chi connectivity index (χ1v) is 7.08. The fraction of sp³-hybridized carbons (Fsp3) is 0.333. The summed E-state index contributed by atoms with van der Waals surface area (Å²) in [7, 11) is -3.62. The molecule has 82 valence electrons. The van der Waals surface area contributed by atoms with Crippen molar-refractivity contribution in [2.45, 2.75) is 23.8 Å². The van der Waals surface area contributed by atoms with Gasteiger partial charge in [-0.3, -0.25) is 0 Å². The topological polar surface area (TPSA) is 69.4 Å². The Morgan fingerprint density at radius 2 is 2.07 bits per heavy atom. The van der Waals surface area contributed by atoms with E-state index in [1.165, 1.54) is 12.1 Å². The van der Waals surface area contributed by atoms with Crippen molar-refractivity contribution < 1.29 is 13.2 Å². The molecule has 1 saturated carbocycles. The number of rotatable bonds is 3. The first kappa shape index (κ1) is 11.2. The number of hydrogen-bond donors (Lipinski definition) is 1. The number of sulfonamides is 1. The van der Waals surface area contributed by atoms with Gasteiger partial charge in [0.15, 0.2) is 0 Å². The highest BCUT2D eigenvalue weighted by Gasteiger charge is 2.24. The molecule has 0 spiro atoms. The quantitative estimate of drug-likeness (QED) is 0.848. The lowest BCUT2D eigenvalue weighted by molar-refractivity contribution is 0.301. The molecule has 0 atom stereocenters. The van der Waals surface area contributed by atoms with Crippen LogP contribution in [0.1, 0.15) is 12.8 Å². The second kappa shape index (κ2) is 3.91. The third kappa shape index (κ3) is 2.82. The molecule has 2 rings (SSSR count). The maximum atomic E-state index is 11.1. The Morgan fingerprint density at radius 1 is 1.40 bits per heavy atom. The molecule has 6 heteroatoms. The SMILES string of the molecule is NS(=O)(=O)c1ccc(OC2CC2)c(I)c1. The van der Waals surface area contributed by atoms with E-state index in [0.717, 1.165) is 22.2 Å². The summed E-state index contributed by atoms with van der Waals surface area (Å²) in [6.45, 7) is 0. The molecule has 1 fully saturated rings. The molecule has 0 aromatic heterocycles. The van der Waals surface area contributed by atoms with E-state index in [0.29, 0.717) is 6.10 Å². The third-order valence-corrected chi connectivity index (χ3v) is 3.80. The minimum atomic E-state index is -3.62. The van der Waals surface area contributed by atoms with Gasteiger partial charge in [0.05, 0.1) is 14.6 Å². The summed E-state index contributed by atoms with van der Waals surface area (Å²) < 4.78 is 28.5. The average Bonchev–Trinajstić information content (AvgIpc) is 2.90. The highest BCUT2D eigenvalue weighted by Crippen LogP contribution is 2.30. The zero-order valence-electron chi connectivity index (χ0n) is 7.81. The summed E-state index contributed by atoms with van der Waals surface area (Å²) >= 11 is 2.04. The van der Waals surface area contributed by atoms with Gasteiger partial charge in [0.1, 0.15) is 5.75 Å². The first-order valence-electron chi connectivity index (χ1n) is 4.46. The normalized spacial score (nSPS) is 16.4. The molecule has 4 nitrogen and oxygen atoms in total. The molecule has 0 bridgehead atoms. The Labute approximate surface area is 102 Å². The zero-order valence-corrected chi connectivity index (χ0v) is 10.8. The monoisotopic (exact) mass is 339 g/mol. The van der Waals surface area contributed by atoms with Gasteiger partial charge in [-0.25, -0.2) is 13.6 Å². The number of nitrogens with two attached hydrogens (primary N) is 1. The van der Waals surface area contributed by atoms with E-state index in [1.807, 2.05) is 22.6 Å². The van der Waals surface area contributed by atoms with Gasteiger partial charge in [0.25, 0.3) is 0 Å². The molecule has 0 radical (unpaired) electrons. The van der Waals surface area contributed by atoms with E-state index in [2.05, 4.69) is 0 Å². The van der Waals surface area contributed by atoms with Crippen LogP contribution < -0.4 is 9.88 Å². The predicted molar refractivity (Wildman–Crippen MR) is 64.2 cm³/mol. The maximum absolute atomic E-state index is 11.1. The van der Waals surface area contributed by atoms with Gasteiger partial charge in [-0.05, 0) is 53.6 Å². The third-order valence-electron chi connectivity index (χ3n) is 2.05. The lowest BCUT2D eigenvalue weighted by Crippen LogP contribution is -2.12. The zero-order chi connectivity index (χ0) is 11.1. The molecule has 0 heterocycles. The summed E-state index contributed by atoms with van der Waals surface area (Å²) in [4.78, 5) is 0.120. The predicted octanol–water partition coefficient (Wildman–Crippen LogP) is 1.48. The van der Waals surface area contributed by atoms with Crippen molar-refractivity contribution in [3.8, 4) is 5.75 Å². The number of primary sulfonamides is 1. The first-order chi connectivity index (χ1) is 6.97. The van der Waals surface area contributed by atoms with Gasteiger partial charge in [-0.1, -0.05) is 0 Å². The van der Waals surface area contributed by atoms with Gasteiger partial charge in [-0.15, -0.1) is 0 Å². The standard InChI is InChI=1S/C9H10INO3S/c10-8-5-7(15(11,12)13)3-4-9(8)14-6-1-2-6/h3-6H,1-2H2,(H2,11,12,13). The maximum Gasteiger partial charge on any atom is 0.238 e. The van der Waals surface area contributed by atoms with Crippen molar-refractivity contribution in [3.63, 3.8) is 0 Å². The molecule has 0 aliphatic heterocycles. The van der Waals surface area contributed by atoms with Gasteiger partial charge in [0.2, 0.25) is 10.0 Å². The van der Waals surface area contributed by atoms with Crippen molar-refractivity contribution in [1.29, 1.82) is 0 Å². The van der Waals surface area contributed by atoms with Crippen LogP contribution in [0, 0.1) is 3.57 Å². The van der Waals surface area contributed by atoms with Crippen LogP contribution in [0.3, 0.4) is 0 Å². The number of hydrogen-bond acceptors (Lipinski definition) is 3. The Balaban J connectivity index is 2.29. The highest BCUT2D eigenvalue weighted by molar-refractivity contribution is 14.1. The van der Waals surface area contributed by atoms with Crippen LogP contribution in [-0.4, -0.2) is 14.5 Å². The van der Waals surface area contributed by atoms with Gasteiger partial charge < -0.3 is 4.74 Å². The van der Waals surface area contributed by atoms with E-state index in [1.54, 1.807) is 6.07 Å². The Kier molecular flexibility index (Phi) is 2.91. The summed E-state index contributed by atoms with van der Waals surface area (Å²) in [5, 5.41) is 5.02. The lowest BCUT2D eigenvalue weighted by atomic mass is 10.3. The second-order valence-corrected chi connectivity index (χ2v) is 6.18. The average molecular weight is 339 g/mol. The smallest absolute Gasteiger partial charge is 0.238 e. The highest BCUT2D eigenvalue weighted by atomic mass is 127. The number of benzene rings is 1. The minimum Gasteiger partial charge on any atom is -0.489 e. The fourth-order valence-electron chi connectivity index (χ4n) is 1.12. The molecule has 1 aliphatic carbocycles. The molecule has 1 aromatic rings. The van der Waals surface area contributed by atoms with Crippen LogP contribution in [0.4, 0.5) is 0 Å². The van der Waals surface area contributed by atoms with Crippen LogP contribution in [-0.2, 0) is 10.0 Å².